The van der Waals surface area contributed by atoms with Gasteiger partial charge in [0, 0.05) is 29.1 Å². The summed E-state index contributed by atoms with van der Waals surface area (Å²) < 4.78 is 30.4. The lowest BCUT2D eigenvalue weighted by molar-refractivity contribution is 0.297. The first-order chi connectivity index (χ1) is 13.1. The first kappa shape index (κ1) is 20.2. The number of nitrogens with zero attached hydrogens (tertiary/aromatic N) is 1. The van der Waals surface area contributed by atoms with Crippen molar-refractivity contribution < 1.29 is 18.3 Å². The number of aliphatic imine (C=N–C) groups is 1. The number of hydrogen-bond acceptors (Lipinski definition) is 4. The Kier molecular flexibility index (Phi) is 6.28. The summed E-state index contributed by atoms with van der Waals surface area (Å²) in [6, 6.07) is 9.97. The highest BCUT2D eigenvalue weighted by Crippen LogP contribution is 2.32. The molecule has 2 heterocycles. The van der Waals surface area contributed by atoms with Crippen LogP contribution < -0.4 is 20.5 Å². The third kappa shape index (κ3) is 4.32. The number of ether oxygens (including phenoxy) is 2. The number of aryl methyl sites for hydroxylation is 1. The number of nitrogens with two attached hydrogens (primary N) is 1. The number of rotatable bonds is 3. The molecular weight excluding hydrogens is 476 g/mol. The van der Waals surface area contributed by atoms with E-state index in [1.165, 1.54) is 12.1 Å². The van der Waals surface area contributed by atoms with Gasteiger partial charge in [-0.15, -0.1) is 24.0 Å². The predicted molar refractivity (Wildman–Crippen MR) is 117 cm³/mol. The molecule has 0 aliphatic carbocycles. The second-order valence-corrected chi connectivity index (χ2v) is 6.33. The highest BCUT2D eigenvalue weighted by molar-refractivity contribution is 14.0. The van der Waals surface area contributed by atoms with E-state index in [4.69, 9.17) is 19.6 Å². The van der Waals surface area contributed by atoms with E-state index in [0.717, 1.165) is 28.8 Å². The first-order valence-corrected chi connectivity index (χ1v) is 8.74. The lowest BCUT2D eigenvalue weighted by atomic mass is 10.1. The van der Waals surface area contributed by atoms with Crippen LogP contribution in [0, 0.1) is 12.7 Å². The average molecular weight is 497 g/mol. The molecule has 148 valence electrons. The summed E-state index contributed by atoms with van der Waals surface area (Å²) in [7, 11) is 0. The maximum Gasteiger partial charge on any atom is 0.193 e. The van der Waals surface area contributed by atoms with Crippen molar-refractivity contribution in [1.29, 1.82) is 0 Å². The Balaban J connectivity index is 0.00000225. The van der Waals surface area contributed by atoms with Crippen molar-refractivity contribution in [2.24, 2.45) is 10.7 Å². The van der Waals surface area contributed by atoms with E-state index in [2.05, 4.69) is 10.3 Å². The Bertz CT molecular complexity index is 1020. The highest BCUT2D eigenvalue weighted by atomic mass is 127. The zero-order valence-corrected chi connectivity index (χ0v) is 17.7. The minimum absolute atomic E-state index is 0. The van der Waals surface area contributed by atoms with Crippen LogP contribution in [-0.4, -0.2) is 19.2 Å². The minimum Gasteiger partial charge on any atom is -0.490 e. The number of nitrogens with one attached hydrogen (secondary N) is 1. The lowest BCUT2D eigenvalue weighted by Crippen LogP contribution is -2.22. The van der Waals surface area contributed by atoms with Crippen LogP contribution in [0.5, 0.6) is 11.5 Å². The third-order valence-electron chi connectivity index (χ3n) is 4.41. The topological polar surface area (TPSA) is 82.0 Å². The van der Waals surface area contributed by atoms with E-state index >= 15 is 0 Å². The molecule has 4 rings (SSSR count). The largest absolute Gasteiger partial charge is 0.490 e. The molecule has 6 nitrogen and oxygen atoms in total. The molecule has 28 heavy (non-hydrogen) atoms. The van der Waals surface area contributed by atoms with E-state index in [9.17, 15) is 4.39 Å². The second kappa shape index (κ2) is 8.68. The van der Waals surface area contributed by atoms with Crippen LogP contribution in [0.3, 0.4) is 0 Å². The van der Waals surface area contributed by atoms with Crippen LogP contribution in [0.1, 0.15) is 17.7 Å². The smallest absolute Gasteiger partial charge is 0.193 e. The second-order valence-electron chi connectivity index (χ2n) is 6.33. The number of anilines is 1. The van der Waals surface area contributed by atoms with Gasteiger partial charge in [-0.1, -0.05) is 0 Å². The van der Waals surface area contributed by atoms with Crippen LogP contribution in [0.15, 0.2) is 45.8 Å². The average Bonchev–Trinajstić information content (AvgIpc) is 2.82. The Labute approximate surface area is 178 Å². The molecule has 0 radical (unpaired) electrons. The molecule has 1 aliphatic heterocycles. The van der Waals surface area contributed by atoms with Gasteiger partial charge in [-0.05, 0) is 37.3 Å². The maximum atomic E-state index is 13.4. The summed E-state index contributed by atoms with van der Waals surface area (Å²) in [5, 5.41) is 3.78. The molecule has 0 spiro atoms. The Morgan fingerprint density at radius 2 is 1.93 bits per heavy atom. The van der Waals surface area contributed by atoms with Gasteiger partial charge in [-0.25, -0.2) is 9.38 Å². The van der Waals surface area contributed by atoms with Crippen molar-refractivity contribution in [3.8, 4) is 11.5 Å². The van der Waals surface area contributed by atoms with Crippen molar-refractivity contribution >= 4 is 46.6 Å². The number of benzene rings is 2. The molecule has 8 heteroatoms. The van der Waals surface area contributed by atoms with E-state index in [0.29, 0.717) is 30.3 Å². The van der Waals surface area contributed by atoms with Crippen molar-refractivity contribution in [3.05, 3.63) is 53.5 Å². The molecule has 1 aliphatic rings. The number of furan rings is 1. The van der Waals surface area contributed by atoms with Crippen molar-refractivity contribution in [2.75, 3.05) is 18.5 Å². The fourth-order valence-electron chi connectivity index (χ4n) is 2.98. The van der Waals surface area contributed by atoms with Gasteiger partial charge in [-0.2, -0.15) is 0 Å². The summed E-state index contributed by atoms with van der Waals surface area (Å²) in [4.78, 5) is 4.32. The Hall–Kier alpha value is -2.49. The SMILES string of the molecule is Cc1c(CN=C(N)Nc2ccc3c(c2)OCCCO3)oc2ccc(F)cc12.I. The van der Waals surface area contributed by atoms with Gasteiger partial charge in [-0.3, -0.25) is 0 Å². The van der Waals surface area contributed by atoms with E-state index in [-0.39, 0.29) is 42.3 Å². The van der Waals surface area contributed by atoms with Gasteiger partial charge in [0.1, 0.15) is 23.7 Å². The van der Waals surface area contributed by atoms with Crippen molar-refractivity contribution in [3.63, 3.8) is 0 Å². The van der Waals surface area contributed by atoms with Gasteiger partial charge in [0.15, 0.2) is 17.5 Å². The first-order valence-electron chi connectivity index (χ1n) is 8.74. The molecule has 2 aromatic carbocycles. The van der Waals surface area contributed by atoms with Crippen LogP contribution in [0.2, 0.25) is 0 Å². The molecule has 3 aromatic rings. The third-order valence-corrected chi connectivity index (χ3v) is 4.41. The highest BCUT2D eigenvalue weighted by Gasteiger charge is 2.12. The molecule has 0 amide bonds. The molecule has 0 atom stereocenters. The Morgan fingerprint density at radius 1 is 1.14 bits per heavy atom. The molecular formula is C20H21FIN3O3. The Morgan fingerprint density at radius 3 is 2.75 bits per heavy atom. The normalized spacial score (nSPS) is 13.7. The maximum absolute atomic E-state index is 13.4. The molecule has 3 N–H and O–H groups in total. The van der Waals surface area contributed by atoms with E-state index in [1.54, 1.807) is 6.07 Å². The summed E-state index contributed by atoms with van der Waals surface area (Å²) in [6.07, 6.45) is 0.849. The standard InChI is InChI=1S/C20H20FN3O3.HI/c1-12-15-9-13(21)3-5-16(15)27-19(12)11-23-20(22)24-14-4-6-17-18(10-14)26-8-2-7-25-17;/h3-6,9-10H,2,7-8,11H2,1H3,(H3,22,23,24);1H. The van der Waals surface area contributed by atoms with Crippen LogP contribution >= 0.6 is 24.0 Å². The van der Waals surface area contributed by atoms with Crippen LogP contribution in [0.25, 0.3) is 11.0 Å². The van der Waals surface area contributed by atoms with E-state index < -0.39 is 0 Å². The number of guanidine groups is 1. The van der Waals surface area contributed by atoms with E-state index in [1.807, 2.05) is 25.1 Å². The lowest BCUT2D eigenvalue weighted by Gasteiger charge is -2.10. The molecule has 1 aromatic heterocycles. The zero-order chi connectivity index (χ0) is 18.8. The molecule has 0 bridgehead atoms. The quantitative estimate of drug-likeness (QED) is 0.315. The fraction of sp³-hybridized carbons (Fsp3) is 0.250. The van der Waals surface area contributed by atoms with Gasteiger partial charge in [0.25, 0.3) is 0 Å². The number of halogens is 2. The number of fused-ring (bicyclic) bond motifs is 2. The molecule has 0 fully saturated rings. The number of hydrogen-bond donors (Lipinski definition) is 2. The summed E-state index contributed by atoms with van der Waals surface area (Å²) >= 11 is 0. The molecule has 0 saturated heterocycles. The summed E-state index contributed by atoms with van der Waals surface area (Å²) in [6.45, 7) is 3.39. The minimum atomic E-state index is -0.294. The predicted octanol–water partition coefficient (Wildman–Crippen LogP) is 4.59. The van der Waals surface area contributed by atoms with Crippen molar-refractivity contribution in [1.82, 2.24) is 0 Å². The van der Waals surface area contributed by atoms with Crippen LogP contribution in [-0.2, 0) is 6.54 Å². The van der Waals surface area contributed by atoms with Crippen molar-refractivity contribution in [2.45, 2.75) is 19.9 Å². The van der Waals surface area contributed by atoms with Gasteiger partial charge in [0.2, 0.25) is 0 Å². The zero-order valence-electron chi connectivity index (χ0n) is 15.3. The monoisotopic (exact) mass is 497 g/mol. The summed E-state index contributed by atoms with van der Waals surface area (Å²) in [5.74, 6) is 2.01. The molecule has 0 saturated carbocycles. The van der Waals surface area contributed by atoms with Gasteiger partial charge in [0.05, 0.1) is 13.2 Å². The molecule has 0 unspecified atom stereocenters. The fourth-order valence-corrected chi connectivity index (χ4v) is 2.98. The van der Waals surface area contributed by atoms with Gasteiger partial charge >= 0.3 is 0 Å². The summed E-state index contributed by atoms with van der Waals surface area (Å²) in [5.41, 5.74) is 8.24. The van der Waals surface area contributed by atoms with Crippen LogP contribution in [0.4, 0.5) is 10.1 Å². The van der Waals surface area contributed by atoms with Gasteiger partial charge < -0.3 is 24.9 Å².